The Morgan fingerprint density at radius 2 is 1.80 bits per heavy atom. The summed E-state index contributed by atoms with van der Waals surface area (Å²) in [4.78, 5) is 29.6. The number of amides is 2. The molecule has 0 unspecified atom stereocenters. The van der Waals surface area contributed by atoms with Crippen molar-refractivity contribution in [3.05, 3.63) is 30.1 Å². The molecule has 0 aliphatic carbocycles. The second-order valence-electron chi connectivity index (χ2n) is 6.47. The zero-order chi connectivity index (χ0) is 18.2. The average molecular weight is 349 g/mol. The molecule has 1 aliphatic heterocycles. The summed E-state index contributed by atoms with van der Waals surface area (Å²) in [6, 6.07) is 6.70. The van der Waals surface area contributed by atoms with E-state index >= 15 is 0 Å². The molecule has 0 bridgehead atoms. The van der Waals surface area contributed by atoms with Gasteiger partial charge in [-0.05, 0) is 18.6 Å². The lowest BCUT2D eigenvalue weighted by atomic mass is 10.2. The molecule has 1 aromatic rings. The first kappa shape index (κ1) is 19.2. The highest BCUT2D eigenvalue weighted by Crippen LogP contribution is 2.20. The molecule has 1 saturated heterocycles. The quantitative estimate of drug-likeness (QED) is 0.711. The summed E-state index contributed by atoms with van der Waals surface area (Å²) in [6.07, 6.45) is 3.06. The van der Waals surface area contributed by atoms with Gasteiger partial charge in [0.05, 0.1) is 12.2 Å². The maximum Gasteiger partial charge on any atom is 0.242 e. The van der Waals surface area contributed by atoms with Crippen molar-refractivity contribution < 1.29 is 14.0 Å². The summed E-state index contributed by atoms with van der Waals surface area (Å²) in [5.41, 5.74) is 0.583. The van der Waals surface area contributed by atoms with E-state index in [1.54, 1.807) is 21.9 Å². The normalized spacial score (nSPS) is 14.5. The van der Waals surface area contributed by atoms with Crippen LogP contribution in [-0.4, -0.2) is 60.9 Å². The second kappa shape index (κ2) is 9.39. The Balaban J connectivity index is 1.85. The van der Waals surface area contributed by atoms with Gasteiger partial charge < -0.3 is 14.7 Å². The summed E-state index contributed by atoms with van der Waals surface area (Å²) < 4.78 is 13.9. The summed E-state index contributed by atoms with van der Waals surface area (Å²) >= 11 is 0. The fourth-order valence-electron chi connectivity index (χ4n) is 3.07. The van der Waals surface area contributed by atoms with Crippen molar-refractivity contribution in [3.8, 4) is 0 Å². The van der Waals surface area contributed by atoms with Crippen LogP contribution in [0, 0.1) is 5.82 Å². The molecule has 25 heavy (non-hydrogen) atoms. The Bertz CT molecular complexity index is 586. The lowest BCUT2D eigenvalue weighted by molar-refractivity contribution is -0.139. The van der Waals surface area contributed by atoms with E-state index in [4.69, 9.17) is 0 Å². The summed E-state index contributed by atoms with van der Waals surface area (Å²) in [7, 11) is 0. The van der Waals surface area contributed by atoms with Crippen molar-refractivity contribution in [2.45, 2.75) is 33.1 Å². The summed E-state index contributed by atoms with van der Waals surface area (Å²) in [5, 5.41) is 0. The van der Waals surface area contributed by atoms with Crippen LogP contribution in [0.25, 0.3) is 0 Å². The fourth-order valence-corrected chi connectivity index (χ4v) is 3.07. The highest BCUT2D eigenvalue weighted by molar-refractivity contribution is 5.84. The average Bonchev–Trinajstić information content (AvgIpc) is 2.61. The number of nitrogens with zero attached hydrogens (tertiary/aromatic N) is 3. The van der Waals surface area contributed by atoms with Crippen molar-refractivity contribution in [2.75, 3.05) is 44.2 Å². The maximum atomic E-state index is 13.9. The van der Waals surface area contributed by atoms with E-state index in [0.717, 1.165) is 19.3 Å². The predicted molar refractivity (Wildman–Crippen MR) is 97.0 cm³/mol. The van der Waals surface area contributed by atoms with Crippen LogP contribution in [0.1, 0.15) is 33.1 Å². The number of para-hydroxylation sites is 1. The second-order valence-corrected chi connectivity index (χ2v) is 6.47. The van der Waals surface area contributed by atoms with Gasteiger partial charge in [-0.15, -0.1) is 0 Å². The van der Waals surface area contributed by atoms with E-state index < -0.39 is 0 Å². The maximum absolute atomic E-state index is 13.9. The van der Waals surface area contributed by atoms with Crippen LogP contribution in [0.2, 0.25) is 0 Å². The van der Waals surface area contributed by atoms with Crippen molar-refractivity contribution in [2.24, 2.45) is 0 Å². The van der Waals surface area contributed by atoms with Gasteiger partial charge in [-0.25, -0.2) is 4.39 Å². The van der Waals surface area contributed by atoms with E-state index in [1.165, 1.54) is 13.0 Å². The summed E-state index contributed by atoms with van der Waals surface area (Å²) in [5.74, 6) is -0.324. The number of halogens is 1. The Hall–Kier alpha value is -2.11. The molecule has 2 amide bonds. The van der Waals surface area contributed by atoms with Crippen LogP contribution < -0.4 is 4.90 Å². The van der Waals surface area contributed by atoms with Gasteiger partial charge in [0.2, 0.25) is 11.8 Å². The first-order valence-electron chi connectivity index (χ1n) is 9.05. The minimum Gasteiger partial charge on any atom is -0.366 e. The Labute approximate surface area is 149 Å². The van der Waals surface area contributed by atoms with E-state index in [9.17, 15) is 14.0 Å². The molecule has 0 aromatic heterocycles. The lowest BCUT2D eigenvalue weighted by Crippen LogP contribution is -2.52. The highest BCUT2D eigenvalue weighted by atomic mass is 19.1. The van der Waals surface area contributed by atoms with Crippen molar-refractivity contribution >= 4 is 17.5 Å². The first-order valence-corrected chi connectivity index (χ1v) is 9.05. The SMILES string of the molecule is CCCCCN(CC(=O)N1CCN(c2ccccc2F)CC1)C(C)=O. The van der Waals surface area contributed by atoms with Gasteiger partial charge in [0.25, 0.3) is 0 Å². The van der Waals surface area contributed by atoms with Gasteiger partial charge in [0.15, 0.2) is 0 Å². The molecule has 2 rings (SSSR count). The van der Waals surface area contributed by atoms with Crippen LogP contribution in [0.5, 0.6) is 0 Å². The van der Waals surface area contributed by atoms with Crippen LogP contribution in [0.4, 0.5) is 10.1 Å². The number of unbranched alkanes of at least 4 members (excludes halogenated alkanes) is 2. The predicted octanol–water partition coefficient (Wildman–Crippen LogP) is 2.51. The Kier molecular flexibility index (Phi) is 7.22. The zero-order valence-electron chi connectivity index (χ0n) is 15.2. The highest BCUT2D eigenvalue weighted by Gasteiger charge is 2.24. The number of piperazine rings is 1. The molecule has 1 heterocycles. The molecule has 1 aromatic carbocycles. The Morgan fingerprint density at radius 1 is 1.12 bits per heavy atom. The van der Waals surface area contributed by atoms with Crippen molar-refractivity contribution in [1.29, 1.82) is 0 Å². The molecule has 0 radical (unpaired) electrons. The topological polar surface area (TPSA) is 43.9 Å². The smallest absolute Gasteiger partial charge is 0.242 e. The van der Waals surface area contributed by atoms with Gasteiger partial charge in [-0.3, -0.25) is 9.59 Å². The monoisotopic (exact) mass is 349 g/mol. The molecular weight excluding hydrogens is 321 g/mol. The lowest BCUT2D eigenvalue weighted by Gasteiger charge is -2.37. The van der Waals surface area contributed by atoms with Crippen molar-refractivity contribution in [1.82, 2.24) is 9.80 Å². The number of carbonyl (C=O) groups excluding carboxylic acids is 2. The molecule has 138 valence electrons. The molecule has 6 heteroatoms. The van der Waals surface area contributed by atoms with E-state index in [-0.39, 0.29) is 24.2 Å². The third kappa shape index (κ3) is 5.44. The number of anilines is 1. The Morgan fingerprint density at radius 3 is 2.40 bits per heavy atom. The van der Waals surface area contributed by atoms with Crippen LogP contribution >= 0.6 is 0 Å². The minimum atomic E-state index is -0.235. The zero-order valence-corrected chi connectivity index (χ0v) is 15.2. The van der Waals surface area contributed by atoms with Gasteiger partial charge in [-0.1, -0.05) is 31.9 Å². The van der Waals surface area contributed by atoms with Gasteiger partial charge in [0.1, 0.15) is 5.82 Å². The molecule has 0 spiro atoms. The molecule has 0 atom stereocenters. The summed E-state index contributed by atoms with van der Waals surface area (Å²) in [6.45, 7) is 6.68. The molecule has 1 aliphatic rings. The minimum absolute atomic E-state index is 0.0279. The van der Waals surface area contributed by atoms with E-state index in [2.05, 4.69) is 6.92 Å². The van der Waals surface area contributed by atoms with Gasteiger partial charge >= 0.3 is 0 Å². The molecule has 0 N–H and O–H groups in total. The molecule has 5 nitrogen and oxygen atoms in total. The van der Waals surface area contributed by atoms with Gasteiger partial charge in [0, 0.05) is 39.6 Å². The first-order chi connectivity index (χ1) is 12.0. The molecular formula is C19H28FN3O2. The third-order valence-corrected chi connectivity index (χ3v) is 4.63. The standard InChI is InChI=1S/C19H28FN3O2/c1-3-4-7-10-23(16(2)24)15-19(25)22-13-11-21(12-14-22)18-9-6-5-8-17(18)20/h5-6,8-9H,3-4,7,10-15H2,1-2H3. The number of carbonyl (C=O) groups is 2. The molecule has 0 saturated carbocycles. The molecule has 1 fully saturated rings. The number of hydrogen-bond acceptors (Lipinski definition) is 3. The van der Waals surface area contributed by atoms with Gasteiger partial charge in [-0.2, -0.15) is 0 Å². The van der Waals surface area contributed by atoms with Crippen LogP contribution in [0.3, 0.4) is 0 Å². The van der Waals surface area contributed by atoms with E-state index in [1.807, 2.05) is 11.0 Å². The number of rotatable bonds is 7. The number of hydrogen-bond donors (Lipinski definition) is 0. The third-order valence-electron chi connectivity index (χ3n) is 4.63. The van der Waals surface area contributed by atoms with Crippen LogP contribution in [0.15, 0.2) is 24.3 Å². The number of benzene rings is 1. The van der Waals surface area contributed by atoms with Crippen LogP contribution in [-0.2, 0) is 9.59 Å². The fraction of sp³-hybridized carbons (Fsp3) is 0.579. The van der Waals surface area contributed by atoms with Crippen molar-refractivity contribution in [3.63, 3.8) is 0 Å². The largest absolute Gasteiger partial charge is 0.366 e. The van der Waals surface area contributed by atoms with E-state index in [0.29, 0.717) is 38.4 Å².